The number of hydrogen-bond acceptors (Lipinski definition) is 3. The van der Waals surface area contributed by atoms with Gasteiger partial charge in [-0.3, -0.25) is 0 Å². The fraction of sp³-hybridized carbons (Fsp3) is 0.250. The van der Waals surface area contributed by atoms with Crippen LogP contribution >= 0.6 is 0 Å². The van der Waals surface area contributed by atoms with E-state index in [9.17, 15) is 0 Å². The average Bonchev–Trinajstić information content (AvgIpc) is 2.46. The summed E-state index contributed by atoms with van der Waals surface area (Å²) in [5.41, 5.74) is 8.47. The second-order valence-corrected chi connectivity index (χ2v) is 4.77. The van der Waals surface area contributed by atoms with E-state index in [0.717, 1.165) is 29.0 Å². The number of benzene rings is 2. The van der Waals surface area contributed by atoms with Crippen LogP contribution in [-0.2, 0) is 6.42 Å². The van der Waals surface area contributed by atoms with E-state index in [0.29, 0.717) is 0 Å². The second kappa shape index (κ2) is 4.94. The highest BCUT2D eigenvalue weighted by atomic mass is 16.5. The van der Waals surface area contributed by atoms with Crippen LogP contribution in [-0.4, -0.2) is 13.2 Å². The lowest BCUT2D eigenvalue weighted by molar-refractivity contribution is 0.147. The van der Waals surface area contributed by atoms with Crippen molar-refractivity contribution in [2.24, 2.45) is 5.73 Å². The minimum absolute atomic E-state index is 0.0398. The van der Waals surface area contributed by atoms with Gasteiger partial charge in [0.05, 0.1) is 13.2 Å². The summed E-state index contributed by atoms with van der Waals surface area (Å²) in [5, 5.41) is 0. The number of hydrogen-bond donors (Lipinski definition) is 1. The number of ether oxygens (including phenoxy) is 2. The molecule has 0 saturated carbocycles. The van der Waals surface area contributed by atoms with Crippen molar-refractivity contribution in [2.75, 3.05) is 7.11 Å². The van der Waals surface area contributed by atoms with Crippen LogP contribution < -0.4 is 15.2 Å². The molecule has 98 valence electrons. The smallest absolute Gasteiger partial charge is 0.165 e. The topological polar surface area (TPSA) is 44.5 Å². The number of fused-ring (bicyclic) bond motifs is 1. The van der Waals surface area contributed by atoms with Gasteiger partial charge in [-0.25, -0.2) is 0 Å². The first-order valence-electron chi connectivity index (χ1n) is 6.42. The van der Waals surface area contributed by atoms with Gasteiger partial charge in [-0.05, 0) is 23.6 Å². The van der Waals surface area contributed by atoms with E-state index in [1.807, 2.05) is 48.5 Å². The van der Waals surface area contributed by atoms with Crippen molar-refractivity contribution in [3.8, 4) is 11.5 Å². The maximum atomic E-state index is 6.25. The van der Waals surface area contributed by atoms with E-state index in [4.69, 9.17) is 15.2 Å². The Morgan fingerprint density at radius 3 is 2.63 bits per heavy atom. The Morgan fingerprint density at radius 1 is 1.11 bits per heavy atom. The largest absolute Gasteiger partial charge is 0.493 e. The van der Waals surface area contributed by atoms with Crippen molar-refractivity contribution in [3.05, 3.63) is 59.7 Å². The van der Waals surface area contributed by atoms with Crippen molar-refractivity contribution in [1.29, 1.82) is 0 Å². The summed E-state index contributed by atoms with van der Waals surface area (Å²) in [6, 6.07) is 16.0. The molecule has 19 heavy (non-hydrogen) atoms. The molecule has 1 aliphatic heterocycles. The van der Waals surface area contributed by atoms with E-state index < -0.39 is 0 Å². The fourth-order valence-corrected chi connectivity index (χ4v) is 2.55. The normalized spacial score (nSPS) is 21.4. The van der Waals surface area contributed by atoms with Gasteiger partial charge in [0.2, 0.25) is 0 Å². The van der Waals surface area contributed by atoms with Gasteiger partial charge in [0.25, 0.3) is 0 Å². The van der Waals surface area contributed by atoms with Crippen LogP contribution in [0.1, 0.15) is 17.2 Å². The molecule has 2 aromatic carbocycles. The van der Waals surface area contributed by atoms with Crippen molar-refractivity contribution < 1.29 is 9.47 Å². The Labute approximate surface area is 113 Å². The molecule has 0 unspecified atom stereocenters. The molecule has 0 amide bonds. The molecule has 1 heterocycles. The predicted octanol–water partition coefficient (Wildman–Crippen LogP) is 2.70. The Bertz CT molecular complexity index is 568. The van der Waals surface area contributed by atoms with Crippen LogP contribution in [0, 0.1) is 0 Å². The van der Waals surface area contributed by atoms with E-state index in [1.165, 1.54) is 0 Å². The summed E-state index contributed by atoms with van der Waals surface area (Å²) in [6.07, 6.45) is 0.677. The van der Waals surface area contributed by atoms with E-state index in [2.05, 4.69) is 0 Å². The number of nitrogens with two attached hydrogens (primary N) is 1. The summed E-state index contributed by atoms with van der Waals surface area (Å²) in [5.74, 6) is 1.59. The average molecular weight is 255 g/mol. The quantitative estimate of drug-likeness (QED) is 0.897. The molecule has 0 fully saturated rings. The third-order valence-electron chi connectivity index (χ3n) is 3.50. The van der Waals surface area contributed by atoms with Crippen LogP contribution in [0.15, 0.2) is 48.5 Å². The third-order valence-corrected chi connectivity index (χ3v) is 3.50. The maximum absolute atomic E-state index is 6.25. The van der Waals surface area contributed by atoms with Crippen molar-refractivity contribution in [1.82, 2.24) is 0 Å². The highest BCUT2D eigenvalue weighted by Crippen LogP contribution is 2.40. The number of rotatable bonds is 2. The highest BCUT2D eigenvalue weighted by molar-refractivity contribution is 5.49. The first-order chi connectivity index (χ1) is 9.29. The van der Waals surface area contributed by atoms with Gasteiger partial charge in [-0.15, -0.1) is 0 Å². The lowest BCUT2D eigenvalue weighted by atomic mass is 9.93. The Morgan fingerprint density at radius 2 is 1.89 bits per heavy atom. The minimum atomic E-state index is -0.120. The summed E-state index contributed by atoms with van der Waals surface area (Å²) < 4.78 is 11.5. The lowest BCUT2D eigenvalue weighted by Crippen LogP contribution is -2.37. The van der Waals surface area contributed by atoms with Crippen LogP contribution in [0.25, 0.3) is 0 Å². The molecule has 0 bridgehead atoms. The molecule has 0 spiro atoms. The molecule has 3 heteroatoms. The summed E-state index contributed by atoms with van der Waals surface area (Å²) in [4.78, 5) is 0. The standard InChI is InChI=1S/C16H17NO2/c1-18-14-9-5-8-12-10-13(17)15(19-16(12)14)11-6-3-2-4-7-11/h2-9,13,15H,10,17H2,1H3/t13-,15-/m0/s1. The predicted molar refractivity (Wildman–Crippen MR) is 74.5 cm³/mol. The van der Waals surface area contributed by atoms with Gasteiger partial charge in [0.15, 0.2) is 11.5 Å². The molecule has 0 radical (unpaired) electrons. The monoisotopic (exact) mass is 255 g/mol. The molecule has 3 nitrogen and oxygen atoms in total. The minimum Gasteiger partial charge on any atom is -0.493 e. The molecule has 0 aliphatic carbocycles. The zero-order chi connectivity index (χ0) is 13.2. The number of methoxy groups -OCH3 is 1. The van der Waals surface area contributed by atoms with Crippen LogP contribution in [0.3, 0.4) is 0 Å². The summed E-state index contributed by atoms with van der Waals surface area (Å²) in [7, 11) is 1.66. The Kier molecular flexibility index (Phi) is 3.13. The zero-order valence-corrected chi connectivity index (χ0v) is 10.9. The molecular formula is C16H17NO2. The third kappa shape index (κ3) is 2.17. The molecule has 2 atom stereocenters. The van der Waals surface area contributed by atoms with Crippen LogP contribution in [0.5, 0.6) is 11.5 Å². The van der Waals surface area contributed by atoms with Crippen molar-refractivity contribution in [2.45, 2.75) is 18.6 Å². The van der Waals surface area contributed by atoms with E-state index in [-0.39, 0.29) is 12.1 Å². The molecule has 0 aromatic heterocycles. The van der Waals surface area contributed by atoms with Crippen molar-refractivity contribution >= 4 is 0 Å². The second-order valence-electron chi connectivity index (χ2n) is 4.77. The molecular weight excluding hydrogens is 238 g/mol. The number of para-hydroxylation sites is 1. The van der Waals surface area contributed by atoms with Gasteiger partial charge < -0.3 is 15.2 Å². The fourth-order valence-electron chi connectivity index (χ4n) is 2.55. The van der Waals surface area contributed by atoms with Gasteiger partial charge in [0.1, 0.15) is 6.10 Å². The Hall–Kier alpha value is -2.00. The Balaban J connectivity index is 1.99. The molecule has 2 aromatic rings. The molecule has 1 aliphatic rings. The summed E-state index contributed by atoms with van der Waals surface area (Å²) >= 11 is 0. The summed E-state index contributed by atoms with van der Waals surface area (Å²) in [6.45, 7) is 0. The first kappa shape index (κ1) is 12.1. The van der Waals surface area contributed by atoms with Gasteiger partial charge in [-0.1, -0.05) is 42.5 Å². The van der Waals surface area contributed by atoms with Crippen LogP contribution in [0.2, 0.25) is 0 Å². The van der Waals surface area contributed by atoms with Crippen LogP contribution in [0.4, 0.5) is 0 Å². The molecule has 2 N–H and O–H groups in total. The SMILES string of the molecule is COc1cccc2c1O[C@@H](c1ccccc1)[C@@H](N)C2. The maximum Gasteiger partial charge on any atom is 0.165 e. The van der Waals surface area contributed by atoms with Gasteiger partial charge in [-0.2, -0.15) is 0 Å². The lowest BCUT2D eigenvalue weighted by Gasteiger charge is -2.32. The zero-order valence-electron chi connectivity index (χ0n) is 10.9. The highest BCUT2D eigenvalue weighted by Gasteiger charge is 2.30. The first-order valence-corrected chi connectivity index (χ1v) is 6.42. The van der Waals surface area contributed by atoms with Gasteiger partial charge >= 0.3 is 0 Å². The molecule has 3 rings (SSSR count). The molecule has 0 saturated heterocycles. The van der Waals surface area contributed by atoms with Gasteiger partial charge in [0, 0.05) is 0 Å². The van der Waals surface area contributed by atoms with E-state index >= 15 is 0 Å². The van der Waals surface area contributed by atoms with E-state index in [1.54, 1.807) is 7.11 Å². The van der Waals surface area contributed by atoms with Crippen molar-refractivity contribution in [3.63, 3.8) is 0 Å².